The van der Waals surface area contributed by atoms with E-state index in [4.69, 9.17) is 9.47 Å². The van der Waals surface area contributed by atoms with Gasteiger partial charge in [0.2, 0.25) is 5.91 Å². The minimum atomic E-state index is -1.66. The Labute approximate surface area is 379 Å². The number of carbonyl (C=O) groups excluding carboxylic acids is 1. The van der Waals surface area contributed by atoms with Gasteiger partial charge in [-0.2, -0.15) is 0 Å². The maximum Gasteiger partial charge on any atom is 0.249 e. The van der Waals surface area contributed by atoms with Crippen LogP contribution in [0.5, 0.6) is 0 Å². The summed E-state index contributed by atoms with van der Waals surface area (Å²) in [5.41, 5.74) is 0. The monoisotopic (exact) mass is 888 g/mol. The Kier molecular flexibility index (Phi) is 39.6. The van der Waals surface area contributed by atoms with Crippen LogP contribution in [0.25, 0.3) is 0 Å². The Morgan fingerprint density at radius 1 is 0.500 bits per heavy atom. The van der Waals surface area contributed by atoms with Crippen LogP contribution in [0.1, 0.15) is 251 Å². The Balaban J connectivity index is 2.28. The van der Waals surface area contributed by atoms with Crippen LogP contribution in [0.4, 0.5) is 0 Å². The van der Waals surface area contributed by atoms with Crippen LogP contribution in [0, 0.1) is 0 Å². The number of carbonyl (C=O) groups is 1. The highest BCUT2D eigenvalue weighted by Gasteiger charge is 2.44. The largest absolute Gasteiger partial charge is 0.394 e. The summed E-state index contributed by atoms with van der Waals surface area (Å²) in [5, 5.41) is 75.8. The second kappa shape index (κ2) is 41.5. The molecule has 0 bridgehead atoms. The first kappa shape index (κ1) is 59.1. The first-order valence-electron chi connectivity index (χ1n) is 26.4. The van der Waals surface area contributed by atoms with Gasteiger partial charge in [-0.3, -0.25) is 4.79 Å². The molecule has 9 unspecified atom stereocenters. The van der Waals surface area contributed by atoms with Crippen molar-refractivity contribution in [1.82, 2.24) is 5.32 Å². The van der Waals surface area contributed by atoms with Crippen molar-refractivity contribution in [2.24, 2.45) is 0 Å². The molecule has 0 aliphatic carbocycles. The predicted molar refractivity (Wildman–Crippen MR) is 252 cm³/mol. The van der Waals surface area contributed by atoms with Gasteiger partial charge in [0.15, 0.2) is 6.29 Å². The van der Waals surface area contributed by atoms with Crippen molar-refractivity contribution in [2.75, 3.05) is 13.2 Å². The molecule has 8 N–H and O–H groups in total. The van der Waals surface area contributed by atoms with Crippen LogP contribution in [-0.2, 0) is 14.3 Å². The third-order valence-electron chi connectivity index (χ3n) is 13.2. The first-order chi connectivity index (χ1) is 30.2. The van der Waals surface area contributed by atoms with Crippen LogP contribution in [0.15, 0.2) is 0 Å². The molecule has 0 radical (unpaired) electrons. The number of amides is 1. The maximum absolute atomic E-state index is 13.1. The van der Waals surface area contributed by atoms with Gasteiger partial charge in [0.25, 0.3) is 0 Å². The summed E-state index contributed by atoms with van der Waals surface area (Å²) in [5.74, 6) is -0.695. The van der Waals surface area contributed by atoms with E-state index >= 15 is 0 Å². The molecule has 0 saturated carbocycles. The highest BCUT2D eigenvalue weighted by atomic mass is 16.7. The van der Waals surface area contributed by atoms with E-state index in [1.807, 2.05) is 0 Å². The molecule has 1 amide bonds. The number of nitrogens with one attached hydrogen (secondary N) is 1. The minimum Gasteiger partial charge on any atom is -0.394 e. The van der Waals surface area contributed by atoms with Gasteiger partial charge >= 0.3 is 0 Å². The molecule has 0 aromatic rings. The summed E-state index contributed by atoms with van der Waals surface area (Å²) < 4.78 is 11.1. The third-order valence-corrected chi connectivity index (χ3v) is 13.2. The van der Waals surface area contributed by atoms with E-state index in [0.717, 1.165) is 38.5 Å². The molecule has 1 fully saturated rings. The predicted octanol–water partition coefficient (Wildman–Crippen LogP) is 9.84. The molecule has 11 nitrogen and oxygen atoms in total. The van der Waals surface area contributed by atoms with E-state index in [1.54, 1.807) is 0 Å². The summed E-state index contributed by atoms with van der Waals surface area (Å²) in [6.45, 7) is 3.45. The number of aliphatic hydroxyl groups excluding tert-OH is 7. The topological polar surface area (TPSA) is 189 Å². The highest BCUT2D eigenvalue weighted by molar-refractivity contribution is 5.80. The number of rotatable bonds is 45. The highest BCUT2D eigenvalue weighted by Crippen LogP contribution is 2.23. The molecular formula is C51H101NO10. The summed E-state index contributed by atoms with van der Waals surface area (Å²) in [4.78, 5) is 13.1. The zero-order valence-electron chi connectivity index (χ0n) is 40.1. The molecule has 1 aliphatic heterocycles. The van der Waals surface area contributed by atoms with Crippen LogP contribution in [0.3, 0.4) is 0 Å². The number of hydrogen-bond donors (Lipinski definition) is 8. The lowest BCUT2D eigenvalue weighted by atomic mass is 9.98. The van der Waals surface area contributed by atoms with Gasteiger partial charge in [0, 0.05) is 0 Å². The fraction of sp³-hybridized carbons (Fsp3) is 0.980. The van der Waals surface area contributed by atoms with Gasteiger partial charge in [-0.15, -0.1) is 0 Å². The smallest absolute Gasteiger partial charge is 0.249 e. The molecular weight excluding hydrogens is 787 g/mol. The molecule has 11 heteroatoms. The maximum atomic E-state index is 13.1. The number of hydrogen-bond acceptors (Lipinski definition) is 10. The Bertz CT molecular complexity index is 975. The fourth-order valence-electron chi connectivity index (χ4n) is 8.80. The van der Waals surface area contributed by atoms with Crippen LogP contribution in [0.2, 0.25) is 0 Å². The van der Waals surface area contributed by atoms with Crippen molar-refractivity contribution in [1.29, 1.82) is 0 Å². The normalized spacial score (nSPS) is 21.2. The van der Waals surface area contributed by atoms with E-state index in [2.05, 4.69) is 19.2 Å². The van der Waals surface area contributed by atoms with E-state index < -0.39 is 74.2 Å². The van der Waals surface area contributed by atoms with Crippen molar-refractivity contribution < 1.29 is 50.0 Å². The second-order valence-corrected chi connectivity index (χ2v) is 19.0. The summed E-state index contributed by atoms with van der Waals surface area (Å²) in [6, 6.07) is -1.16. The zero-order chi connectivity index (χ0) is 45.5. The molecule has 370 valence electrons. The molecule has 1 aliphatic rings. The Hall–Kier alpha value is -0.890. The van der Waals surface area contributed by atoms with Crippen LogP contribution >= 0.6 is 0 Å². The molecule has 0 aromatic heterocycles. The van der Waals surface area contributed by atoms with E-state index in [-0.39, 0.29) is 6.42 Å². The lowest BCUT2D eigenvalue weighted by molar-refractivity contribution is -0.303. The minimum absolute atomic E-state index is 0.265. The Morgan fingerprint density at radius 2 is 0.839 bits per heavy atom. The van der Waals surface area contributed by atoms with Gasteiger partial charge < -0.3 is 50.5 Å². The van der Waals surface area contributed by atoms with Gasteiger partial charge in [-0.1, -0.05) is 239 Å². The standard InChI is InChI=1S/C51H101NO10/c1-3-5-7-9-11-13-15-16-17-18-19-20-21-22-23-24-25-26-27-28-29-31-32-34-36-38-43(54)46(56)42(41-61-51-49(59)48(58)47(57)45(40-53)62-51)52-50(60)44(55)39-37-35-33-30-14-12-10-8-6-4-2/h42-49,51,53-59H,3-41H2,1-2H3,(H,52,60). The van der Waals surface area contributed by atoms with Gasteiger partial charge in [0.05, 0.1) is 25.4 Å². The van der Waals surface area contributed by atoms with E-state index in [0.29, 0.717) is 19.3 Å². The van der Waals surface area contributed by atoms with Gasteiger partial charge in [-0.25, -0.2) is 0 Å². The third kappa shape index (κ3) is 30.3. The lowest BCUT2D eigenvalue weighted by Gasteiger charge is -2.40. The number of unbranched alkanes of at least 4 members (excludes halogenated alkanes) is 33. The van der Waals surface area contributed by atoms with Crippen LogP contribution < -0.4 is 5.32 Å². The van der Waals surface area contributed by atoms with Crippen molar-refractivity contribution in [3.8, 4) is 0 Å². The Morgan fingerprint density at radius 3 is 1.19 bits per heavy atom. The quantitative estimate of drug-likeness (QED) is 0.0273. The van der Waals surface area contributed by atoms with Crippen molar-refractivity contribution in [3.63, 3.8) is 0 Å². The number of aliphatic hydroxyl groups is 7. The van der Waals surface area contributed by atoms with E-state index in [9.17, 15) is 40.5 Å². The molecule has 1 saturated heterocycles. The van der Waals surface area contributed by atoms with Crippen molar-refractivity contribution >= 4 is 5.91 Å². The number of ether oxygens (including phenoxy) is 2. The van der Waals surface area contributed by atoms with Crippen LogP contribution in [-0.4, -0.2) is 110 Å². The summed E-state index contributed by atoms with van der Waals surface area (Å²) in [6.07, 6.45) is 33.1. The molecule has 1 heterocycles. The average molecular weight is 888 g/mol. The fourth-order valence-corrected chi connectivity index (χ4v) is 8.80. The second-order valence-electron chi connectivity index (χ2n) is 19.0. The van der Waals surface area contributed by atoms with Gasteiger partial charge in [0.1, 0.15) is 36.6 Å². The molecule has 62 heavy (non-hydrogen) atoms. The van der Waals surface area contributed by atoms with Gasteiger partial charge in [-0.05, 0) is 12.8 Å². The summed E-state index contributed by atoms with van der Waals surface area (Å²) in [7, 11) is 0. The molecule has 1 rings (SSSR count). The zero-order valence-corrected chi connectivity index (χ0v) is 40.1. The average Bonchev–Trinajstić information content (AvgIpc) is 3.27. The molecule has 0 aromatic carbocycles. The summed E-state index contributed by atoms with van der Waals surface area (Å²) >= 11 is 0. The first-order valence-corrected chi connectivity index (χ1v) is 26.4. The van der Waals surface area contributed by atoms with E-state index in [1.165, 1.54) is 173 Å². The SMILES string of the molecule is CCCCCCCCCCCCCCCCCCCCCCCCCCCC(O)C(O)C(COC1OC(CO)C(O)C(O)C1O)NC(=O)C(O)CCCCCCCCCCCC. The molecule has 0 spiro atoms. The van der Waals surface area contributed by atoms with Crippen molar-refractivity contribution in [3.05, 3.63) is 0 Å². The molecule has 9 atom stereocenters. The van der Waals surface area contributed by atoms with Crippen molar-refractivity contribution in [2.45, 2.75) is 306 Å². The lowest BCUT2D eigenvalue weighted by Crippen LogP contribution is -2.60.